The van der Waals surface area contributed by atoms with E-state index in [1.165, 1.54) is 5.56 Å². The highest BCUT2D eigenvalue weighted by Gasteiger charge is 2.21. The van der Waals surface area contributed by atoms with E-state index in [4.69, 9.17) is 11.6 Å². The van der Waals surface area contributed by atoms with E-state index in [0.29, 0.717) is 18.8 Å². The van der Waals surface area contributed by atoms with E-state index in [-0.39, 0.29) is 5.91 Å². The molecule has 0 spiro atoms. The van der Waals surface area contributed by atoms with Crippen molar-refractivity contribution in [2.45, 2.75) is 6.92 Å². The second-order valence-electron chi connectivity index (χ2n) is 6.86. The Bertz CT molecular complexity index is 1040. The molecule has 1 amide bonds. The average Bonchev–Trinajstić information content (AvgIpc) is 2.73. The van der Waals surface area contributed by atoms with Gasteiger partial charge in [0.2, 0.25) is 5.91 Å². The van der Waals surface area contributed by atoms with Gasteiger partial charge in [0.15, 0.2) is 0 Å². The maximum absolute atomic E-state index is 12.6. The Balaban J connectivity index is 1.39. The molecule has 0 N–H and O–H groups in total. The van der Waals surface area contributed by atoms with E-state index in [9.17, 15) is 4.79 Å². The molecule has 142 valence electrons. The second kappa shape index (κ2) is 7.98. The maximum atomic E-state index is 12.6. The Hall–Kier alpha value is -2.92. The normalized spacial score (nSPS) is 14.8. The predicted molar refractivity (Wildman–Crippen MR) is 114 cm³/mol. The summed E-state index contributed by atoms with van der Waals surface area (Å²) in [7, 11) is 0. The number of amides is 1. The van der Waals surface area contributed by atoms with Gasteiger partial charge in [-0.15, -0.1) is 0 Å². The molecule has 2 heterocycles. The van der Waals surface area contributed by atoms with Crippen LogP contribution >= 0.6 is 11.6 Å². The van der Waals surface area contributed by atoms with E-state index in [1.54, 1.807) is 18.3 Å². The number of carbonyl (C=O) groups excluding carboxylic acids is 1. The molecule has 0 aliphatic carbocycles. The molecular weight excluding hydrogens is 372 g/mol. The first-order valence-corrected chi connectivity index (χ1v) is 9.68. The summed E-state index contributed by atoms with van der Waals surface area (Å²) in [5.74, 6) is -0.00238. The summed E-state index contributed by atoms with van der Waals surface area (Å²) >= 11 is 6.14. The summed E-state index contributed by atoms with van der Waals surface area (Å²) in [4.78, 5) is 25.6. The van der Waals surface area contributed by atoms with Crippen LogP contribution in [0.25, 0.3) is 17.1 Å². The van der Waals surface area contributed by atoms with Gasteiger partial charge < -0.3 is 9.80 Å². The molecule has 1 aromatic heterocycles. The van der Waals surface area contributed by atoms with Gasteiger partial charge in [-0.3, -0.25) is 9.78 Å². The van der Waals surface area contributed by atoms with Crippen LogP contribution in [0.3, 0.4) is 0 Å². The van der Waals surface area contributed by atoms with Crippen LogP contribution in [0.5, 0.6) is 0 Å². The third-order valence-corrected chi connectivity index (χ3v) is 5.20. The van der Waals surface area contributed by atoms with Gasteiger partial charge >= 0.3 is 0 Å². The largest absolute Gasteiger partial charge is 0.368 e. The molecule has 3 aromatic rings. The highest BCUT2D eigenvalue weighted by atomic mass is 35.5. The lowest BCUT2D eigenvalue weighted by atomic mass is 10.1. The molecule has 6 heteroatoms. The number of carbonyl (C=O) groups is 1. The molecule has 0 unspecified atom stereocenters. The van der Waals surface area contributed by atoms with Crippen molar-refractivity contribution in [1.82, 2.24) is 14.9 Å². The van der Waals surface area contributed by atoms with Crippen molar-refractivity contribution in [3.8, 4) is 0 Å². The van der Waals surface area contributed by atoms with Gasteiger partial charge in [0.25, 0.3) is 0 Å². The highest BCUT2D eigenvalue weighted by Crippen LogP contribution is 2.25. The molecule has 0 radical (unpaired) electrons. The minimum absolute atomic E-state index is 0.00238. The first kappa shape index (κ1) is 18.4. The van der Waals surface area contributed by atoms with Crippen molar-refractivity contribution in [3.63, 3.8) is 0 Å². The molecule has 4 rings (SSSR count). The molecular formula is C22H21ClN4O. The Morgan fingerprint density at radius 1 is 1.07 bits per heavy atom. The predicted octanol–water partition coefficient (Wildman–Crippen LogP) is 3.95. The van der Waals surface area contributed by atoms with Gasteiger partial charge in [0, 0.05) is 43.0 Å². The molecule has 2 aromatic carbocycles. The summed E-state index contributed by atoms with van der Waals surface area (Å²) in [6.45, 7) is 5.01. The number of benzene rings is 2. The average molecular weight is 393 g/mol. The van der Waals surface area contributed by atoms with E-state index >= 15 is 0 Å². The summed E-state index contributed by atoms with van der Waals surface area (Å²) in [5, 5.41) is 0.735. The quantitative estimate of drug-likeness (QED) is 0.633. The van der Waals surface area contributed by atoms with Gasteiger partial charge in [-0.2, -0.15) is 0 Å². The molecule has 0 saturated carbocycles. The molecule has 5 nitrogen and oxygen atoms in total. The highest BCUT2D eigenvalue weighted by molar-refractivity contribution is 6.30. The molecule has 1 saturated heterocycles. The summed E-state index contributed by atoms with van der Waals surface area (Å²) in [5.41, 5.74) is 4.68. The van der Waals surface area contributed by atoms with Crippen molar-refractivity contribution >= 4 is 40.3 Å². The number of anilines is 1. The van der Waals surface area contributed by atoms with E-state index < -0.39 is 0 Å². The zero-order chi connectivity index (χ0) is 19.5. The molecule has 1 aliphatic rings. The van der Waals surface area contributed by atoms with Crippen LogP contribution in [0, 0.1) is 6.92 Å². The summed E-state index contributed by atoms with van der Waals surface area (Å²) < 4.78 is 0. The fraction of sp³-hybridized carbons (Fsp3) is 0.227. The first-order valence-electron chi connectivity index (χ1n) is 9.30. The Labute approximate surface area is 169 Å². The maximum Gasteiger partial charge on any atom is 0.246 e. The van der Waals surface area contributed by atoms with Crippen LogP contribution in [0.4, 0.5) is 5.69 Å². The van der Waals surface area contributed by atoms with Gasteiger partial charge in [0.05, 0.1) is 22.9 Å². The lowest BCUT2D eigenvalue weighted by molar-refractivity contribution is -0.126. The molecule has 1 fully saturated rings. The smallest absolute Gasteiger partial charge is 0.246 e. The van der Waals surface area contributed by atoms with Gasteiger partial charge in [0.1, 0.15) is 0 Å². The molecule has 28 heavy (non-hydrogen) atoms. The number of aromatic nitrogens is 2. The van der Waals surface area contributed by atoms with Gasteiger partial charge in [-0.25, -0.2) is 4.98 Å². The monoisotopic (exact) mass is 392 g/mol. The van der Waals surface area contributed by atoms with Crippen LogP contribution in [-0.4, -0.2) is 47.0 Å². The fourth-order valence-corrected chi connectivity index (χ4v) is 3.57. The third-order valence-electron chi connectivity index (χ3n) is 4.97. The SMILES string of the molecule is Cc1ccc(Cl)cc1N1CCN(C(=O)C=Cc2cnc3ccccc3n2)CC1. The van der Waals surface area contributed by atoms with Crippen LogP contribution < -0.4 is 4.90 Å². The number of nitrogens with zero attached hydrogens (tertiary/aromatic N) is 4. The first-order chi connectivity index (χ1) is 13.6. The van der Waals surface area contributed by atoms with E-state index in [1.807, 2.05) is 47.4 Å². The van der Waals surface area contributed by atoms with Crippen molar-refractivity contribution in [2.24, 2.45) is 0 Å². The number of hydrogen-bond donors (Lipinski definition) is 0. The van der Waals surface area contributed by atoms with Crippen molar-refractivity contribution < 1.29 is 4.79 Å². The Morgan fingerprint density at radius 2 is 1.82 bits per heavy atom. The molecule has 0 atom stereocenters. The number of fused-ring (bicyclic) bond motifs is 1. The van der Waals surface area contributed by atoms with Gasteiger partial charge in [-0.1, -0.05) is 29.8 Å². The Kier molecular flexibility index (Phi) is 5.26. The standard InChI is InChI=1S/C22H21ClN4O/c1-16-6-7-17(23)14-21(16)26-10-12-27(13-11-26)22(28)9-8-18-15-24-19-4-2-3-5-20(19)25-18/h2-9,14-15H,10-13H2,1H3. The topological polar surface area (TPSA) is 49.3 Å². The number of hydrogen-bond acceptors (Lipinski definition) is 4. The van der Waals surface area contributed by atoms with Gasteiger partial charge in [-0.05, 0) is 42.8 Å². The summed E-state index contributed by atoms with van der Waals surface area (Å²) in [6, 6.07) is 13.6. The van der Waals surface area contributed by atoms with Crippen LogP contribution in [0.15, 0.2) is 54.7 Å². The molecule has 1 aliphatic heterocycles. The lowest BCUT2D eigenvalue weighted by Crippen LogP contribution is -2.48. The minimum Gasteiger partial charge on any atom is -0.368 e. The Morgan fingerprint density at radius 3 is 2.61 bits per heavy atom. The van der Waals surface area contributed by atoms with Crippen molar-refractivity contribution in [1.29, 1.82) is 0 Å². The van der Waals surface area contributed by atoms with Crippen molar-refractivity contribution in [3.05, 3.63) is 71.0 Å². The zero-order valence-electron chi connectivity index (χ0n) is 15.7. The minimum atomic E-state index is -0.00238. The fourth-order valence-electron chi connectivity index (χ4n) is 3.40. The number of halogens is 1. The molecule has 0 bridgehead atoms. The van der Waals surface area contributed by atoms with Crippen molar-refractivity contribution in [2.75, 3.05) is 31.1 Å². The number of aryl methyl sites for hydroxylation is 1. The number of para-hydroxylation sites is 2. The van der Waals surface area contributed by atoms with Crippen LogP contribution in [0.1, 0.15) is 11.3 Å². The second-order valence-corrected chi connectivity index (χ2v) is 7.30. The zero-order valence-corrected chi connectivity index (χ0v) is 16.4. The third kappa shape index (κ3) is 3.99. The number of rotatable bonds is 3. The number of piperazine rings is 1. The van der Waals surface area contributed by atoms with Crippen LogP contribution in [0.2, 0.25) is 5.02 Å². The lowest BCUT2D eigenvalue weighted by Gasteiger charge is -2.36. The van der Waals surface area contributed by atoms with Crippen LogP contribution in [-0.2, 0) is 4.79 Å². The summed E-state index contributed by atoms with van der Waals surface area (Å²) in [6.07, 6.45) is 5.00. The van der Waals surface area contributed by atoms with E-state index in [2.05, 4.69) is 21.8 Å². The van der Waals surface area contributed by atoms with E-state index in [0.717, 1.165) is 34.8 Å².